The van der Waals surface area contributed by atoms with E-state index in [9.17, 15) is 0 Å². The molecule has 1 unspecified atom stereocenters. The first-order valence-corrected chi connectivity index (χ1v) is 5.86. The van der Waals surface area contributed by atoms with Crippen LogP contribution < -0.4 is 0 Å². The Bertz CT molecular complexity index is 66.3. The van der Waals surface area contributed by atoms with Gasteiger partial charge in [0, 0.05) is 14.8 Å². The maximum absolute atomic E-state index is 5.56. The second-order valence-electron chi connectivity index (χ2n) is 2.29. The van der Waals surface area contributed by atoms with Crippen molar-refractivity contribution in [1.82, 2.24) is 0 Å². The molecule has 1 nitrogen and oxygen atoms in total. The van der Waals surface area contributed by atoms with E-state index >= 15 is 0 Å². The summed E-state index contributed by atoms with van der Waals surface area (Å²) in [6.45, 7) is 7.42. The molecular weight excluding hydrogens is 143 g/mol. The van der Waals surface area contributed by atoms with Crippen LogP contribution in [-0.2, 0) is 4.52 Å². The van der Waals surface area contributed by atoms with E-state index in [1.807, 2.05) is 0 Å². The quantitative estimate of drug-likeness (QED) is 0.545. The first-order chi connectivity index (χ1) is 4.85. The van der Waals surface area contributed by atoms with Crippen LogP contribution >= 0.6 is 8.15 Å². The standard InChI is InChI=1S/C8H19OP/c1-4-7-8-10(6-3)9-5-2/h4-8H2,1-3H3. The van der Waals surface area contributed by atoms with Gasteiger partial charge in [0.25, 0.3) is 0 Å². The van der Waals surface area contributed by atoms with Crippen LogP contribution in [0.1, 0.15) is 33.6 Å². The molecule has 0 aliphatic carbocycles. The van der Waals surface area contributed by atoms with E-state index in [0.717, 1.165) is 6.61 Å². The van der Waals surface area contributed by atoms with E-state index in [1.54, 1.807) is 0 Å². The lowest BCUT2D eigenvalue weighted by Crippen LogP contribution is -1.91. The van der Waals surface area contributed by atoms with Gasteiger partial charge < -0.3 is 4.52 Å². The van der Waals surface area contributed by atoms with Crippen molar-refractivity contribution in [3.8, 4) is 0 Å². The molecule has 1 atom stereocenters. The number of rotatable bonds is 6. The molecule has 0 fully saturated rings. The Morgan fingerprint density at radius 2 is 1.90 bits per heavy atom. The summed E-state index contributed by atoms with van der Waals surface area (Å²) in [5, 5.41) is 0. The fourth-order valence-electron chi connectivity index (χ4n) is 0.831. The van der Waals surface area contributed by atoms with Crippen molar-refractivity contribution >= 4 is 8.15 Å². The smallest absolute Gasteiger partial charge is 0.0480 e. The fraction of sp³-hybridized carbons (Fsp3) is 1.00. The average molecular weight is 162 g/mol. The molecule has 0 rings (SSSR count). The van der Waals surface area contributed by atoms with Crippen LogP contribution in [-0.4, -0.2) is 18.9 Å². The van der Waals surface area contributed by atoms with Gasteiger partial charge in [-0.1, -0.05) is 20.3 Å². The molecule has 0 radical (unpaired) electrons. The van der Waals surface area contributed by atoms with Crippen LogP contribution in [0.4, 0.5) is 0 Å². The lowest BCUT2D eigenvalue weighted by atomic mass is 10.4. The normalized spacial score (nSPS) is 13.5. The highest BCUT2D eigenvalue weighted by molar-refractivity contribution is 7.52. The Kier molecular flexibility index (Phi) is 7.79. The van der Waals surface area contributed by atoms with Gasteiger partial charge >= 0.3 is 0 Å². The van der Waals surface area contributed by atoms with Crippen molar-refractivity contribution in [1.29, 1.82) is 0 Å². The molecule has 0 aromatic carbocycles. The van der Waals surface area contributed by atoms with Crippen molar-refractivity contribution in [2.45, 2.75) is 33.6 Å². The number of hydrogen-bond donors (Lipinski definition) is 0. The molecule has 0 N–H and O–H groups in total. The lowest BCUT2D eigenvalue weighted by molar-refractivity contribution is 0.377. The lowest BCUT2D eigenvalue weighted by Gasteiger charge is -2.13. The van der Waals surface area contributed by atoms with E-state index in [0.29, 0.717) is 0 Å². The molecule has 0 aromatic rings. The minimum atomic E-state index is -0.0644. The van der Waals surface area contributed by atoms with Gasteiger partial charge in [-0.3, -0.25) is 0 Å². The van der Waals surface area contributed by atoms with E-state index in [4.69, 9.17) is 4.52 Å². The van der Waals surface area contributed by atoms with Gasteiger partial charge in [-0.05, 0) is 25.7 Å². The first-order valence-electron chi connectivity index (χ1n) is 4.23. The second-order valence-corrected chi connectivity index (χ2v) is 4.59. The fourth-order valence-corrected chi connectivity index (χ4v) is 2.49. The summed E-state index contributed by atoms with van der Waals surface area (Å²) in [5.41, 5.74) is 0. The second kappa shape index (κ2) is 7.50. The van der Waals surface area contributed by atoms with E-state index in [2.05, 4.69) is 20.8 Å². The topological polar surface area (TPSA) is 9.23 Å². The molecule has 0 bridgehead atoms. The first kappa shape index (κ1) is 10.4. The maximum atomic E-state index is 5.56. The minimum absolute atomic E-state index is 0.0644. The largest absolute Gasteiger partial charge is 0.360 e. The van der Waals surface area contributed by atoms with Crippen molar-refractivity contribution in [3.05, 3.63) is 0 Å². The predicted octanol–water partition coefficient (Wildman–Crippen LogP) is 3.24. The zero-order valence-corrected chi connectivity index (χ0v) is 8.29. The summed E-state index contributed by atoms with van der Waals surface area (Å²) in [6.07, 6.45) is 5.16. The Morgan fingerprint density at radius 3 is 2.30 bits per heavy atom. The van der Waals surface area contributed by atoms with Gasteiger partial charge in [0.15, 0.2) is 0 Å². The van der Waals surface area contributed by atoms with E-state index in [1.165, 1.54) is 25.2 Å². The molecular formula is C8H19OP. The third-order valence-corrected chi connectivity index (χ3v) is 3.57. The van der Waals surface area contributed by atoms with Crippen LogP contribution in [0.15, 0.2) is 0 Å². The summed E-state index contributed by atoms with van der Waals surface area (Å²) < 4.78 is 5.56. The molecule has 0 saturated heterocycles. The van der Waals surface area contributed by atoms with Crippen molar-refractivity contribution in [3.63, 3.8) is 0 Å². The van der Waals surface area contributed by atoms with Gasteiger partial charge in [0.05, 0.1) is 0 Å². The van der Waals surface area contributed by atoms with Crippen LogP contribution in [0.5, 0.6) is 0 Å². The molecule has 0 aliphatic rings. The highest BCUT2D eigenvalue weighted by Gasteiger charge is 2.02. The van der Waals surface area contributed by atoms with Gasteiger partial charge in [-0.25, -0.2) is 0 Å². The van der Waals surface area contributed by atoms with E-state index in [-0.39, 0.29) is 8.15 Å². The van der Waals surface area contributed by atoms with Crippen molar-refractivity contribution < 1.29 is 4.52 Å². The number of unbranched alkanes of at least 4 members (excludes halogenated alkanes) is 1. The molecule has 10 heavy (non-hydrogen) atoms. The van der Waals surface area contributed by atoms with Gasteiger partial charge in [0.1, 0.15) is 0 Å². The number of hydrogen-bond acceptors (Lipinski definition) is 1. The third kappa shape index (κ3) is 5.20. The summed E-state index contributed by atoms with van der Waals surface area (Å²) in [4.78, 5) is 0. The van der Waals surface area contributed by atoms with Gasteiger partial charge in [0.2, 0.25) is 0 Å². The molecule has 0 aromatic heterocycles. The molecule has 62 valence electrons. The predicted molar refractivity (Wildman–Crippen MR) is 48.9 cm³/mol. The van der Waals surface area contributed by atoms with Crippen LogP contribution in [0.2, 0.25) is 0 Å². The molecule has 0 saturated carbocycles. The zero-order chi connectivity index (χ0) is 7.82. The van der Waals surface area contributed by atoms with Crippen molar-refractivity contribution in [2.24, 2.45) is 0 Å². The Morgan fingerprint density at radius 1 is 1.20 bits per heavy atom. The zero-order valence-electron chi connectivity index (χ0n) is 7.39. The van der Waals surface area contributed by atoms with Gasteiger partial charge in [-0.2, -0.15) is 0 Å². The molecule has 0 amide bonds. The summed E-state index contributed by atoms with van der Waals surface area (Å²) in [7, 11) is -0.0644. The minimum Gasteiger partial charge on any atom is -0.360 e. The Balaban J connectivity index is 3.21. The summed E-state index contributed by atoms with van der Waals surface area (Å²) in [6, 6.07) is 0. The highest BCUT2D eigenvalue weighted by atomic mass is 31.1. The van der Waals surface area contributed by atoms with Crippen LogP contribution in [0.3, 0.4) is 0 Å². The monoisotopic (exact) mass is 162 g/mol. The average Bonchev–Trinajstić information content (AvgIpc) is 1.98. The Labute approximate surface area is 66.0 Å². The molecule has 0 heterocycles. The summed E-state index contributed by atoms with van der Waals surface area (Å²) >= 11 is 0. The summed E-state index contributed by atoms with van der Waals surface area (Å²) in [5.74, 6) is 0. The van der Waals surface area contributed by atoms with Crippen molar-refractivity contribution in [2.75, 3.05) is 18.9 Å². The van der Waals surface area contributed by atoms with Gasteiger partial charge in [-0.15, -0.1) is 0 Å². The molecule has 2 heteroatoms. The van der Waals surface area contributed by atoms with Crippen LogP contribution in [0.25, 0.3) is 0 Å². The maximum Gasteiger partial charge on any atom is 0.0480 e. The SMILES string of the molecule is CCCCP(CC)OCC. The Hall–Kier alpha value is 0.390. The highest BCUT2D eigenvalue weighted by Crippen LogP contribution is 2.36. The third-order valence-electron chi connectivity index (χ3n) is 1.43. The molecule has 0 aliphatic heterocycles. The molecule has 0 spiro atoms. The van der Waals surface area contributed by atoms with E-state index < -0.39 is 0 Å². The van der Waals surface area contributed by atoms with Crippen LogP contribution in [0, 0.1) is 0 Å².